The number of benzene rings is 3. The van der Waals surface area contributed by atoms with E-state index in [-0.39, 0.29) is 18.5 Å². The van der Waals surface area contributed by atoms with Gasteiger partial charge in [0.2, 0.25) is 5.91 Å². The highest BCUT2D eigenvalue weighted by atomic mass is 19.4. The average Bonchev–Trinajstić information content (AvgIpc) is 3.54. The molecule has 0 saturated heterocycles. The van der Waals surface area contributed by atoms with E-state index in [1.54, 1.807) is 0 Å². The highest BCUT2D eigenvalue weighted by molar-refractivity contribution is 5.99. The topological polar surface area (TPSA) is 52.9 Å². The minimum absolute atomic E-state index is 0.0153. The monoisotopic (exact) mass is 506 g/mol. The van der Waals surface area contributed by atoms with Crippen LogP contribution in [0, 0.1) is 22.6 Å². The third-order valence-electron chi connectivity index (χ3n) is 6.30. The van der Waals surface area contributed by atoms with Gasteiger partial charge in [-0.3, -0.25) is 4.79 Å². The first-order valence-electron chi connectivity index (χ1n) is 10.7. The molecule has 0 radical (unpaired) electrons. The maximum Gasteiger partial charge on any atom is 0.417 e. The van der Waals surface area contributed by atoms with Gasteiger partial charge in [-0.15, -0.1) is 0 Å². The molecular formula is C26H17F7N2O. The van der Waals surface area contributed by atoms with Crippen molar-refractivity contribution in [2.45, 2.75) is 31.1 Å². The molecule has 2 unspecified atom stereocenters. The van der Waals surface area contributed by atoms with Gasteiger partial charge < -0.3 is 5.32 Å². The molecule has 0 heterocycles. The standard InChI is InChI=1S/C26H17F7N2O/c27-19-8-3-16(4-9-19)22-13-24(22,12-15-1-6-18(7-2-15)25(28,29)30)23(36)35-20-10-5-17(14-34)21(11-20)26(31,32)33/h1-11,22H,12-13H2,(H,35,36). The van der Waals surface area contributed by atoms with E-state index >= 15 is 0 Å². The predicted molar refractivity (Wildman–Crippen MR) is 116 cm³/mol. The van der Waals surface area contributed by atoms with Crippen molar-refractivity contribution in [1.82, 2.24) is 0 Å². The van der Waals surface area contributed by atoms with Crippen molar-refractivity contribution < 1.29 is 35.5 Å². The average molecular weight is 506 g/mol. The molecular weight excluding hydrogens is 489 g/mol. The Balaban J connectivity index is 1.65. The lowest BCUT2D eigenvalue weighted by Gasteiger charge is -2.19. The summed E-state index contributed by atoms with van der Waals surface area (Å²) in [6, 6.07) is 14.0. The molecule has 1 amide bonds. The molecule has 0 aliphatic heterocycles. The van der Waals surface area contributed by atoms with Crippen LogP contribution in [0.4, 0.5) is 36.4 Å². The van der Waals surface area contributed by atoms with Crippen LogP contribution < -0.4 is 5.32 Å². The lowest BCUT2D eigenvalue weighted by atomic mass is 9.90. The summed E-state index contributed by atoms with van der Waals surface area (Å²) in [5, 5.41) is 11.4. The van der Waals surface area contributed by atoms with Crippen LogP contribution in [-0.2, 0) is 23.6 Å². The minimum Gasteiger partial charge on any atom is -0.326 e. The third kappa shape index (κ3) is 5.05. The van der Waals surface area contributed by atoms with Crippen LogP contribution in [0.3, 0.4) is 0 Å². The number of carbonyl (C=O) groups is 1. The maximum absolute atomic E-state index is 13.4. The van der Waals surface area contributed by atoms with Crippen LogP contribution in [0.25, 0.3) is 0 Å². The van der Waals surface area contributed by atoms with Gasteiger partial charge in [0, 0.05) is 5.69 Å². The molecule has 0 spiro atoms. The summed E-state index contributed by atoms with van der Waals surface area (Å²) in [6.07, 6.45) is -9.08. The number of hydrogen-bond acceptors (Lipinski definition) is 2. The largest absolute Gasteiger partial charge is 0.417 e. The molecule has 186 valence electrons. The molecule has 3 aromatic rings. The van der Waals surface area contributed by atoms with Crippen molar-refractivity contribution in [2.75, 3.05) is 5.32 Å². The van der Waals surface area contributed by atoms with Crippen molar-refractivity contribution in [3.05, 3.63) is 100 Å². The van der Waals surface area contributed by atoms with E-state index in [0.717, 1.165) is 18.2 Å². The Morgan fingerprint density at radius 1 is 0.944 bits per heavy atom. The number of hydrogen-bond donors (Lipinski definition) is 1. The first-order valence-corrected chi connectivity index (χ1v) is 10.7. The highest BCUT2D eigenvalue weighted by Gasteiger charge is 2.60. The van der Waals surface area contributed by atoms with Crippen molar-refractivity contribution in [3.63, 3.8) is 0 Å². The summed E-state index contributed by atoms with van der Waals surface area (Å²) in [5.41, 5.74) is -2.96. The smallest absolute Gasteiger partial charge is 0.326 e. The van der Waals surface area contributed by atoms with E-state index in [4.69, 9.17) is 5.26 Å². The van der Waals surface area contributed by atoms with E-state index < -0.39 is 52.1 Å². The first-order chi connectivity index (χ1) is 16.8. The van der Waals surface area contributed by atoms with E-state index in [1.165, 1.54) is 48.5 Å². The number of nitrogens with zero attached hydrogens (tertiary/aromatic N) is 1. The number of halogens is 7. The van der Waals surface area contributed by atoms with Crippen molar-refractivity contribution >= 4 is 11.6 Å². The van der Waals surface area contributed by atoms with E-state index in [2.05, 4.69) is 5.32 Å². The molecule has 0 aromatic heterocycles. The van der Waals surface area contributed by atoms with Gasteiger partial charge in [0.05, 0.1) is 28.2 Å². The summed E-state index contributed by atoms with van der Waals surface area (Å²) in [6.45, 7) is 0. The Morgan fingerprint density at radius 3 is 2.14 bits per heavy atom. The summed E-state index contributed by atoms with van der Waals surface area (Å²) < 4.78 is 92.2. The molecule has 1 saturated carbocycles. The number of alkyl halides is 6. The second kappa shape index (κ2) is 8.97. The van der Waals surface area contributed by atoms with E-state index in [1.807, 2.05) is 0 Å². The molecule has 3 aromatic carbocycles. The lowest BCUT2D eigenvalue weighted by molar-refractivity contribution is -0.138. The van der Waals surface area contributed by atoms with Crippen LogP contribution >= 0.6 is 0 Å². The van der Waals surface area contributed by atoms with Crippen molar-refractivity contribution in [3.8, 4) is 6.07 Å². The first kappa shape index (κ1) is 25.2. The predicted octanol–water partition coefficient (Wildman–Crippen LogP) is 7.09. The van der Waals surface area contributed by atoms with Crippen LogP contribution in [0.1, 0.15) is 40.2 Å². The number of carbonyl (C=O) groups excluding carboxylic acids is 1. The molecule has 36 heavy (non-hydrogen) atoms. The van der Waals surface area contributed by atoms with Crippen molar-refractivity contribution in [1.29, 1.82) is 5.26 Å². The van der Waals surface area contributed by atoms with Gasteiger partial charge in [0.25, 0.3) is 0 Å². The molecule has 1 fully saturated rings. The van der Waals surface area contributed by atoms with Gasteiger partial charge in [0.15, 0.2) is 0 Å². The fourth-order valence-electron chi connectivity index (χ4n) is 4.35. The fourth-order valence-corrected chi connectivity index (χ4v) is 4.35. The zero-order valence-corrected chi connectivity index (χ0v) is 18.3. The summed E-state index contributed by atoms with van der Waals surface area (Å²) in [7, 11) is 0. The van der Waals surface area contributed by atoms with Gasteiger partial charge in [0.1, 0.15) is 5.82 Å². The Hall–Kier alpha value is -3.87. The summed E-state index contributed by atoms with van der Waals surface area (Å²) in [4.78, 5) is 13.4. The number of nitrogens with one attached hydrogen (secondary N) is 1. The zero-order chi connectivity index (χ0) is 26.3. The number of anilines is 1. The second-order valence-electron chi connectivity index (χ2n) is 8.66. The zero-order valence-electron chi connectivity index (χ0n) is 18.3. The molecule has 1 aliphatic rings. The molecule has 0 bridgehead atoms. The van der Waals surface area contributed by atoms with Crippen LogP contribution in [0.2, 0.25) is 0 Å². The SMILES string of the molecule is N#Cc1ccc(NC(=O)C2(Cc3ccc(C(F)(F)F)cc3)CC2c2ccc(F)cc2)cc1C(F)(F)F. The van der Waals surface area contributed by atoms with Gasteiger partial charge in [-0.2, -0.15) is 31.6 Å². The Bertz CT molecular complexity index is 1320. The van der Waals surface area contributed by atoms with Crippen molar-refractivity contribution in [2.24, 2.45) is 5.41 Å². The lowest BCUT2D eigenvalue weighted by Crippen LogP contribution is -2.28. The van der Waals surface area contributed by atoms with Gasteiger partial charge in [-0.05, 0) is 72.4 Å². The minimum atomic E-state index is -4.82. The van der Waals surface area contributed by atoms with Gasteiger partial charge in [-0.25, -0.2) is 4.39 Å². The number of rotatable bonds is 5. The van der Waals surface area contributed by atoms with Gasteiger partial charge >= 0.3 is 12.4 Å². The normalized spacial score (nSPS) is 19.4. The number of nitriles is 1. The molecule has 1 N–H and O–H groups in total. The maximum atomic E-state index is 13.4. The molecule has 2 atom stereocenters. The van der Waals surface area contributed by atoms with E-state index in [0.29, 0.717) is 17.2 Å². The second-order valence-corrected chi connectivity index (χ2v) is 8.66. The number of amides is 1. The molecule has 3 nitrogen and oxygen atoms in total. The van der Waals surface area contributed by atoms with Crippen LogP contribution in [0.5, 0.6) is 0 Å². The van der Waals surface area contributed by atoms with E-state index in [9.17, 15) is 35.5 Å². The Labute approximate surface area is 201 Å². The molecule has 1 aliphatic carbocycles. The van der Waals surface area contributed by atoms with Gasteiger partial charge in [-0.1, -0.05) is 24.3 Å². The van der Waals surface area contributed by atoms with Crippen LogP contribution in [0.15, 0.2) is 66.7 Å². The Kier molecular flexibility index (Phi) is 6.29. The third-order valence-corrected chi connectivity index (χ3v) is 6.30. The summed E-state index contributed by atoms with van der Waals surface area (Å²) >= 11 is 0. The molecule has 10 heteroatoms. The fraction of sp³-hybridized carbons (Fsp3) is 0.231. The molecule has 4 rings (SSSR count). The highest BCUT2D eigenvalue weighted by Crippen LogP contribution is 2.61. The van der Waals surface area contributed by atoms with Crippen LogP contribution in [-0.4, -0.2) is 5.91 Å². The summed E-state index contributed by atoms with van der Waals surface area (Å²) in [5.74, 6) is -1.55. The Morgan fingerprint density at radius 2 is 1.58 bits per heavy atom. The quantitative estimate of drug-likeness (QED) is 0.376.